The number of ether oxygens (including phenoxy) is 2. The van der Waals surface area contributed by atoms with Crippen molar-refractivity contribution in [3.8, 4) is 0 Å². The monoisotopic (exact) mass is 409 g/mol. The summed E-state index contributed by atoms with van der Waals surface area (Å²) < 4.78 is 12.1. The molecule has 0 atom stereocenters. The van der Waals surface area contributed by atoms with Gasteiger partial charge >= 0.3 is 5.97 Å². The third-order valence-electron chi connectivity index (χ3n) is 4.10. The molecule has 1 heterocycles. The van der Waals surface area contributed by atoms with Gasteiger partial charge < -0.3 is 14.0 Å². The minimum atomic E-state index is -0.623. The maximum atomic E-state index is 12.4. The molecule has 0 spiro atoms. The number of halogens is 2. The smallest absolute Gasteiger partial charge is 0.331 e. The summed E-state index contributed by atoms with van der Waals surface area (Å²) in [5.41, 5.74) is 2.96. The molecule has 0 aliphatic rings. The van der Waals surface area contributed by atoms with Crippen molar-refractivity contribution in [2.75, 3.05) is 20.3 Å². The summed E-state index contributed by atoms with van der Waals surface area (Å²) in [4.78, 5) is 24.3. The number of aromatic nitrogens is 1. The van der Waals surface area contributed by atoms with Gasteiger partial charge in [0.1, 0.15) is 0 Å². The average Bonchev–Trinajstić information content (AvgIpc) is 2.91. The van der Waals surface area contributed by atoms with E-state index in [0.717, 1.165) is 11.4 Å². The molecular weight excluding hydrogens is 389 g/mol. The first-order valence-corrected chi connectivity index (χ1v) is 9.07. The van der Waals surface area contributed by atoms with E-state index < -0.39 is 5.97 Å². The number of nitrogens with zero attached hydrogens (tertiary/aromatic N) is 1. The predicted octanol–water partition coefficient (Wildman–Crippen LogP) is 4.50. The summed E-state index contributed by atoms with van der Waals surface area (Å²) in [5.74, 6) is -0.874. The minimum Gasteiger partial charge on any atom is -0.454 e. The van der Waals surface area contributed by atoms with Gasteiger partial charge in [0.05, 0.1) is 6.61 Å². The fraction of sp³-hybridized carbons (Fsp3) is 0.300. The highest BCUT2D eigenvalue weighted by atomic mass is 35.5. The van der Waals surface area contributed by atoms with Gasteiger partial charge in [0.25, 0.3) is 0 Å². The first-order valence-electron chi connectivity index (χ1n) is 8.32. The molecule has 27 heavy (non-hydrogen) atoms. The van der Waals surface area contributed by atoms with Crippen molar-refractivity contribution < 1.29 is 19.1 Å². The second-order valence-corrected chi connectivity index (χ2v) is 6.80. The van der Waals surface area contributed by atoms with Crippen LogP contribution < -0.4 is 0 Å². The summed E-state index contributed by atoms with van der Waals surface area (Å²) in [5, 5.41) is 0.930. The Balaban J connectivity index is 1.97. The molecule has 0 bridgehead atoms. The zero-order valence-electron chi connectivity index (χ0n) is 15.4. The van der Waals surface area contributed by atoms with E-state index in [0.29, 0.717) is 34.3 Å². The highest BCUT2D eigenvalue weighted by molar-refractivity contribution is 6.35. The van der Waals surface area contributed by atoms with Crippen LogP contribution >= 0.6 is 23.2 Å². The van der Waals surface area contributed by atoms with Crippen LogP contribution in [0.2, 0.25) is 10.0 Å². The fourth-order valence-electron chi connectivity index (χ4n) is 2.67. The number of carbonyl (C=O) groups is 2. The molecular formula is C20H21Cl2NO4. The number of rotatable bonds is 8. The number of ketones is 1. The zero-order chi connectivity index (χ0) is 20.0. The zero-order valence-corrected chi connectivity index (χ0v) is 16.9. The number of esters is 1. The van der Waals surface area contributed by atoms with E-state index in [-0.39, 0.29) is 12.4 Å². The lowest BCUT2D eigenvalue weighted by atomic mass is 10.1. The van der Waals surface area contributed by atoms with Gasteiger partial charge in [-0.1, -0.05) is 29.3 Å². The fourth-order valence-corrected chi connectivity index (χ4v) is 3.14. The second kappa shape index (κ2) is 9.74. The number of hydrogen-bond acceptors (Lipinski definition) is 4. The van der Waals surface area contributed by atoms with E-state index in [1.807, 2.05) is 18.4 Å². The molecule has 2 aromatic rings. The molecule has 0 aliphatic heterocycles. The van der Waals surface area contributed by atoms with Crippen molar-refractivity contribution in [1.29, 1.82) is 0 Å². The normalized spacial score (nSPS) is 11.1. The van der Waals surface area contributed by atoms with E-state index in [4.69, 9.17) is 32.7 Å². The molecule has 2 rings (SSSR count). The minimum absolute atomic E-state index is 0.252. The van der Waals surface area contributed by atoms with E-state index in [1.165, 1.54) is 12.2 Å². The van der Waals surface area contributed by atoms with Crippen molar-refractivity contribution >= 4 is 41.0 Å². The lowest BCUT2D eigenvalue weighted by Crippen LogP contribution is -2.14. The van der Waals surface area contributed by atoms with Crippen LogP contribution in [0, 0.1) is 13.8 Å². The topological polar surface area (TPSA) is 57.5 Å². The highest BCUT2D eigenvalue weighted by Gasteiger charge is 2.16. The molecule has 5 nitrogen and oxygen atoms in total. The van der Waals surface area contributed by atoms with E-state index in [2.05, 4.69) is 0 Å². The van der Waals surface area contributed by atoms with Gasteiger partial charge in [-0.15, -0.1) is 0 Å². The van der Waals surface area contributed by atoms with E-state index in [9.17, 15) is 9.59 Å². The predicted molar refractivity (Wildman–Crippen MR) is 107 cm³/mol. The molecule has 144 valence electrons. The van der Waals surface area contributed by atoms with E-state index >= 15 is 0 Å². The van der Waals surface area contributed by atoms with Crippen molar-refractivity contribution in [3.05, 3.63) is 62.9 Å². The van der Waals surface area contributed by atoms with Crippen LogP contribution in [0.3, 0.4) is 0 Å². The molecule has 0 aliphatic carbocycles. The molecule has 0 saturated carbocycles. The number of methoxy groups -OCH3 is 1. The first kappa shape index (κ1) is 21.2. The van der Waals surface area contributed by atoms with Crippen molar-refractivity contribution in [2.45, 2.75) is 20.4 Å². The van der Waals surface area contributed by atoms with Crippen LogP contribution in [-0.2, 0) is 20.8 Å². The lowest BCUT2D eigenvalue weighted by Gasteiger charge is -2.08. The Morgan fingerprint density at radius 2 is 1.93 bits per heavy atom. The van der Waals surface area contributed by atoms with Crippen LogP contribution in [0.15, 0.2) is 30.3 Å². The van der Waals surface area contributed by atoms with Crippen molar-refractivity contribution in [1.82, 2.24) is 4.57 Å². The number of hydrogen-bond donors (Lipinski definition) is 0. The Labute approximate surface area is 168 Å². The molecule has 1 aromatic heterocycles. The van der Waals surface area contributed by atoms with Crippen LogP contribution in [0.5, 0.6) is 0 Å². The Hall–Kier alpha value is -2.08. The standard InChI is InChI=1S/C20H21Cl2NO4/c1-13-10-17(14(2)23(13)8-9-26-3)19(24)12-27-20(25)7-5-15-4-6-16(21)11-18(15)22/h4-7,10-11H,8-9,12H2,1-3H3/b7-5+. The molecule has 0 fully saturated rings. The Kier molecular flexibility index (Phi) is 7.66. The van der Waals surface area contributed by atoms with Crippen LogP contribution in [-0.4, -0.2) is 36.6 Å². The van der Waals surface area contributed by atoms with Gasteiger partial charge in [-0.2, -0.15) is 0 Å². The average molecular weight is 410 g/mol. The second-order valence-electron chi connectivity index (χ2n) is 5.96. The van der Waals surface area contributed by atoms with Crippen molar-refractivity contribution in [2.24, 2.45) is 0 Å². The summed E-state index contributed by atoms with van der Waals surface area (Å²) >= 11 is 11.9. The summed E-state index contributed by atoms with van der Waals surface area (Å²) in [6, 6.07) is 6.73. The van der Waals surface area contributed by atoms with Crippen LogP contribution in [0.1, 0.15) is 27.3 Å². The molecule has 0 unspecified atom stereocenters. The largest absolute Gasteiger partial charge is 0.454 e. The highest BCUT2D eigenvalue weighted by Crippen LogP contribution is 2.22. The van der Waals surface area contributed by atoms with Crippen LogP contribution in [0.25, 0.3) is 6.08 Å². The number of aryl methyl sites for hydroxylation is 1. The van der Waals surface area contributed by atoms with Gasteiger partial charge in [-0.3, -0.25) is 4.79 Å². The molecule has 0 N–H and O–H groups in total. The van der Waals surface area contributed by atoms with Crippen LogP contribution in [0.4, 0.5) is 0 Å². The quantitative estimate of drug-likeness (QED) is 0.365. The maximum Gasteiger partial charge on any atom is 0.331 e. The Morgan fingerprint density at radius 3 is 2.59 bits per heavy atom. The summed E-state index contributed by atoms with van der Waals surface area (Å²) in [6.45, 7) is 4.67. The van der Waals surface area contributed by atoms with E-state index in [1.54, 1.807) is 31.4 Å². The molecule has 0 saturated heterocycles. The van der Waals surface area contributed by atoms with Gasteiger partial charge in [-0.05, 0) is 43.7 Å². The van der Waals surface area contributed by atoms with Gasteiger partial charge in [0.15, 0.2) is 6.61 Å². The number of carbonyl (C=O) groups excluding carboxylic acids is 2. The third kappa shape index (κ3) is 5.70. The SMILES string of the molecule is COCCn1c(C)cc(C(=O)COC(=O)/C=C/c2ccc(Cl)cc2Cl)c1C. The van der Waals surface area contributed by atoms with Gasteiger partial charge in [0.2, 0.25) is 5.78 Å². The Bertz CT molecular complexity index is 871. The molecule has 0 radical (unpaired) electrons. The molecule has 0 amide bonds. The van der Waals surface area contributed by atoms with Gasteiger partial charge in [0, 0.05) is 46.7 Å². The summed E-state index contributed by atoms with van der Waals surface area (Å²) in [6.07, 6.45) is 2.74. The lowest BCUT2D eigenvalue weighted by molar-refractivity contribution is -0.136. The number of benzene rings is 1. The number of Topliss-reactive ketones (excluding diaryl/α,β-unsaturated/α-hetero) is 1. The maximum absolute atomic E-state index is 12.4. The Morgan fingerprint density at radius 1 is 1.19 bits per heavy atom. The summed E-state index contributed by atoms with van der Waals surface area (Å²) in [7, 11) is 1.63. The van der Waals surface area contributed by atoms with Gasteiger partial charge in [-0.25, -0.2) is 4.79 Å². The first-order chi connectivity index (χ1) is 12.8. The third-order valence-corrected chi connectivity index (χ3v) is 4.66. The van der Waals surface area contributed by atoms with Crippen molar-refractivity contribution in [3.63, 3.8) is 0 Å². The molecule has 7 heteroatoms. The molecule has 1 aromatic carbocycles.